The number of nitrogens with one attached hydrogen (secondary N) is 2. The van der Waals surface area contributed by atoms with E-state index in [9.17, 15) is 4.79 Å². The molecule has 3 rings (SSSR count). The SMILES string of the molecule is CNc1ncnc(Oc2ccc3[nH]ccc3c2)c1C=O. The highest BCUT2D eigenvalue weighted by molar-refractivity contribution is 5.86. The third-order valence-electron chi connectivity index (χ3n) is 2.94. The van der Waals surface area contributed by atoms with Crippen molar-refractivity contribution < 1.29 is 9.53 Å². The van der Waals surface area contributed by atoms with Crippen molar-refractivity contribution in [3.63, 3.8) is 0 Å². The molecule has 0 unspecified atom stereocenters. The molecule has 0 aliphatic rings. The van der Waals surface area contributed by atoms with Gasteiger partial charge in [0.05, 0.1) is 0 Å². The number of carbonyl (C=O) groups is 1. The molecule has 2 heterocycles. The Morgan fingerprint density at radius 2 is 2.20 bits per heavy atom. The van der Waals surface area contributed by atoms with Crippen LogP contribution in [0.15, 0.2) is 36.8 Å². The van der Waals surface area contributed by atoms with Crippen molar-refractivity contribution in [3.8, 4) is 11.6 Å². The van der Waals surface area contributed by atoms with E-state index in [0.717, 1.165) is 10.9 Å². The predicted molar refractivity (Wildman–Crippen MR) is 75.3 cm³/mol. The number of carbonyl (C=O) groups excluding carboxylic acids is 1. The second kappa shape index (κ2) is 5.00. The summed E-state index contributed by atoms with van der Waals surface area (Å²) in [6, 6.07) is 7.55. The van der Waals surface area contributed by atoms with Crippen LogP contribution in [0.4, 0.5) is 5.82 Å². The standard InChI is InChI=1S/C14H12N4O2/c1-15-13-11(7-19)14(18-8-17-13)20-10-2-3-12-9(6-10)4-5-16-12/h2-8,16H,1H3,(H,15,17,18). The number of rotatable bonds is 4. The van der Waals surface area contributed by atoms with E-state index < -0.39 is 0 Å². The van der Waals surface area contributed by atoms with Crippen molar-refractivity contribution >= 4 is 23.0 Å². The van der Waals surface area contributed by atoms with Gasteiger partial charge in [-0.15, -0.1) is 0 Å². The van der Waals surface area contributed by atoms with Gasteiger partial charge in [0, 0.05) is 24.1 Å². The zero-order valence-corrected chi connectivity index (χ0v) is 10.8. The van der Waals surface area contributed by atoms with E-state index in [-0.39, 0.29) is 5.88 Å². The van der Waals surface area contributed by atoms with Crippen LogP contribution in [0.1, 0.15) is 10.4 Å². The average molecular weight is 268 g/mol. The number of aromatic amines is 1. The smallest absolute Gasteiger partial charge is 0.235 e. The minimum atomic E-state index is 0.231. The van der Waals surface area contributed by atoms with Crippen molar-refractivity contribution in [1.29, 1.82) is 0 Å². The van der Waals surface area contributed by atoms with E-state index in [1.807, 2.05) is 30.5 Å². The molecule has 1 aromatic carbocycles. The van der Waals surface area contributed by atoms with E-state index in [2.05, 4.69) is 20.3 Å². The first-order valence-electron chi connectivity index (χ1n) is 6.04. The van der Waals surface area contributed by atoms with Gasteiger partial charge >= 0.3 is 0 Å². The third kappa shape index (κ3) is 2.07. The van der Waals surface area contributed by atoms with Crippen LogP contribution in [-0.4, -0.2) is 28.3 Å². The number of fused-ring (bicyclic) bond motifs is 1. The Hall–Kier alpha value is -2.89. The van der Waals surface area contributed by atoms with Crippen molar-refractivity contribution in [3.05, 3.63) is 42.4 Å². The first-order valence-corrected chi connectivity index (χ1v) is 6.04. The van der Waals surface area contributed by atoms with E-state index >= 15 is 0 Å². The fourth-order valence-electron chi connectivity index (χ4n) is 1.97. The van der Waals surface area contributed by atoms with E-state index in [0.29, 0.717) is 23.4 Å². The normalized spacial score (nSPS) is 10.4. The van der Waals surface area contributed by atoms with Gasteiger partial charge < -0.3 is 15.0 Å². The van der Waals surface area contributed by atoms with Gasteiger partial charge in [0.15, 0.2) is 6.29 Å². The van der Waals surface area contributed by atoms with Crippen LogP contribution in [-0.2, 0) is 0 Å². The Balaban J connectivity index is 1.99. The molecule has 100 valence electrons. The van der Waals surface area contributed by atoms with Crippen molar-refractivity contribution in [2.75, 3.05) is 12.4 Å². The average Bonchev–Trinajstić information content (AvgIpc) is 2.94. The maximum atomic E-state index is 11.2. The molecule has 3 aromatic rings. The van der Waals surface area contributed by atoms with Crippen LogP contribution in [0.25, 0.3) is 10.9 Å². The number of aromatic nitrogens is 3. The van der Waals surface area contributed by atoms with Gasteiger partial charge in [-0.05, 0) is 24.3 Å². The topological polar surface area (TPSA) is 79.9 Å². The molecular formula is C14H12N4O2. The van der Waals surface area contributed by atoms with Crippen LogP contribution in [0.5, 0.6) is 11.6 Å². The number of anilines is 1. The van der Waals surface area contributed by atoms with Gasteiger partial charge in [-0.1, -0.05) is 0 Å². The van der Waals surface area contributed by atoms with Crippen molar-refractivity contribution in [2.45, 2.75) is 0 Å². The van der Waals surface area contributed by atoms with Gasteiger partial charge in [-0.2, -0.15) is 0 Å². The second-order valence-electron chi connectivity index (χ2n) is 4.14. The zero-order chi connectivity index (χ0) is 13.9. The summed E-state index contributed by atoms with van der Waals surface area (Å²) in [5.74, 6) is 1.28. The van der Waals surface area contributed by atoms with Crippen LogP contribution in [0.2, 0.25) is 0 Å². The molecule has 0 spiro atoms. The van der Waals surface area contributed by atoms with E-state index in [1.54, 1.807) is 7.05 Å². The van der Waals surface area contributed by atoms with Gasteiger partial charge in [0.1, 0.15) is 23.5 Å². The summed E-state index contributed by atoms with van der Waals surface area (Å²) in [7, 11) is 1.69. The highest BCUT2D eigenvalue weighted by Crippen LogP contribution is 2.27. The lowest BCUT2D eigenvalue weighted by atomic mass is 10.2. The van der Waals surface area contributed by atoms with Crippen molar-refractivity contribution in [2.24, 2.45) is 0 Å². The van der Waals surface area contributed by atoms with Gasteiger partial charge in [0.25, 0.3) is 0 Å². The molecule has 2 N–H and O–H groups in total. The Bertz CT molecular complexity index is 767. The molecule has 0 aliphatic heterocycles. The molecule has 0 radical (unpaired) electrons. The molecule has 2 aromatic heterocycles. The maximum absolute atomic E-state index is 11.2. The monoisotopic (exact) mass is 268 g/mol. The fraction of sp³-hybridized carbons (Fsp3) is 0.0714. The van der Waals surface area contributed by atoms with Crippen LogP contribution in [0.3, 0.4) is 0 Å². The Morgan fingerprint density at radius 3 is 3.00 bits per heavy atom. The molecule has 0 saturated carbocycles. The predicted octanol–water partition coefficient (Wildman–Crippen LogP) is 2.60. The molecule has 0 atom stereocenters. The van der Waals surface area contributed by atoms with E-state index in [4.69, 9.17) is 4.74 Å². The molecule has 20 heavy (non-hydrogen) atoms. The number of hydrogen-bond acceptors (Lipinski definition) is 5. The zero-order valence-electron chi connectivity index (χ0n) is 10.8. The minimum Gasteiger partial charge on any atom is -0.438 e. The molecule has 6 heteroatoms. The number of aldehydes is 1. The lowest BCUT2D eigenvalue weighted by Gasteiger charge is -2.09. The molecule has 0 aliphatic carbocycles. The Labute approximate surface area is 114 Å². The number of benzene rings is 1. The number of ether oxygens (including phenoxy) is 1. The summed E-state index contributed by atoms with van der Waals surface area (Å²) in [5, 5.41) is 3.86. The first kappa shape index (κ1) is 12.2. The summed E-state index contributed by atoms with van der Waals surface area (Å²) in [6.45, 7) is 0. The number of nitrogens with zero attached hydrogens (tertiary/aromatic N) is 2. The van der Waals surface area contributed by atoms with Gasteiger partial charge in [-0.3, -0.25) is 4.79 Å². The van der Waals surface area contributed by atoms with Crippen LogP contribution < -0.4 is 10.1 Å². The van der Waals surface area contributed by atoms with Crippen LogP contribution in [0, 0.1) is 0 Å². The second-order valence-corrected chi connectivity index (χ2v) is 4.14. The van der Waals surface area contributed by atoms with Crippen LogP contribution >= 0.6 is 0 Å². The Kier molecular flexibility index (Phi) is 3.04. The summed E-state index contributed by atoms with van der Waals surface area (Å²) >= 11 is 0. The largest absolute Gasteiger partial charge is 0.438 e. The number of H-pyrrole nitrogens is 1. The summed E-state index contributed by atoms with van der Waals surface area (Å²) in [5.41, 5.74) is 1.32. The number of hydrogen-bond donors (Lipinski definition) is 2. The maximum Gasteiger partial charge on any atom is 0.235 e. The third-order valence-corrected chi connectivity index (χ3v) is 2.94. The molecule has 6 nitrogen and oxygen atoms in total. The van der Waals surface area contributed by atoms with Gasteiger partial charge in [0.2, 0.25) is 5.88 Å². The summed E-state index contributed by atoms with van der Waals surface area (Å²) in [4.78, 5) is 22.2. The van der Waals surface area contributed by atoms with Crippen molar-refractivity contribution in [1.82, 2.24) is 15.0 Å². The molecule has 0 bridgehead atoms. The van der Waals surface area contributed by atoms with E-state index in [1.165, 1.54) is 6.33 Å². The molecule has 0 saturated heterocycles. The Morgan fingerprint density at radius 1 is 1.30 bits per heavy atom. The molecular weight excluding hydrogens is 256 g/mol. The van der Waals surface area contributed by atoms with Gasteiger partial charge in [-0.25, -0.2) is 9.97 Å². The summed E-state index contributed by atoms with van der Waals surface area (Å²) < 4.78 is 5.68. The molecule has 0 amide bonds. The quantitative estimate of drug-likeness (QED) is 0.711. The minimum absolute atomic E-state index is 0.231. The lowest BCUT2D eigenvalue weighted by Crippen LogP contribution is -2.02. The highest BCUT2D eigenvalue weighted by atomic mass is 16.5. The highest BCUT2D eigenvalue weighted by Gasteiger charge is 2.12. The fourth-order valence-corrected chi connectivity index (χ4v) is 1.97. The first-order chi connectivity index (χ1) is 9.81. The molecule has 0 fully saturated rings. The summed E-state index contributed by atoms with van der Waals surface area (Å²) in [6.07, 6.45) is 3.88. The lowest BCUT2D eigenvalue weighted by molar-refractivity contribution is 0.112.